The summed E-state index contributed by atoms with van der Waals surface area (Å²) in [5.74, 6) is 0.732. The van der Waals surface area contributed by atoms with Gasteiger partial charge in [-0.1, -0.05) is 12.1 Å². The number of hydrogen-bond donors (Lipinski definition) is 0. The second kappa shape index (κ2) is 6.81. The molecule has 160 valence electrons. The first kappa shape index (κ1) is 19.6. The van der Waals surface area contributed by atoms with Gasteiger partial charge in [-0.05, 0) is 36.2 Å². The minimum absolute atomic E-state index is 0.197. The van der Waals surface area contributed by atoms with Crippen LogP contribution in [0, 0.1) is 0 Å². The van der Waals surface area contributed by atoms with Crippen molar-refractivity contribution in [2.75, 3.05) is 13.2 Å². The van der Waals surface area contributed by atoms with Crippen molar-refractivity contribution in [2.24, 2.45) is 7.05 Å². The van der Waals surface area contributed by atoms with Crippen LogP contribution in [0.2, 0.25) is 0 Å². The van der Waals surface area contributed by atoms with Crippen molar-refractivity contribution >= 4 is 5.52 Å². The van der Waals surface area contributed by atoms with Gasteiger partial charge in [0.05, 0.1) is 28.8 Å². The number of ether oxygens (including phenoxy) is 1. The van der Waals surface area contributed by atoms with Gasteiger partial charge in [0.25, 0.3) is 0 Å². The lowest BCUT2D eigenvalue weighted by molar-refractivity contribution is -0.136. The summed E-state index contributed by atoms with van der Waals surface area (Å²) in [6, 6.07) is 9.37. The third kappa shape index (κ3) is 2.97. The number of halogens is 3. The van der Waals surface area contributed by atoms with Crippen LogP contribution in [-0.4, -0.2) is 36.9 Å². The Morgan fingerprint density at radius 3 is 2.71 bits per heavy atom. The van der Waals surface area contributed by atoms with Gasteiger partial charge in [-0.15, -0.1) is 10.2 Å². The highest BCUT2D eigenvalue weighted by molar-refractivity contribution is 5.57. The van der Waals surface area contributed by atoms with Gasteiger partial charge >= 0.3 is 11.9 Å². The molecule has 1 saturated heterocycles. The van der Waals surface area contributed by atoms with E-state index in [0.29, 0.717) is 25.3 Å². The van der Waals surface area contributed by atoms with Gasteiger partial charge in [-0.25, -0.2) is 4.79 Å². The van der Waals surface area contributed by atoms with Crippen LogP contribution in [0.5, 0.6) is 0 Å². The molecule has 31 heavy (non-hydrogen) atoms. The number of rotatable bonds is 3. The van der Waals surface area contributed by atoms with Crippen molar-refractivity contribution in [3.63, 3.8) is 0 Å². The third-order valence-electron chi connectivity index (χ3n) is 5.84. The number of nitrogens with zero attached hydrogens (tertiary/aromatic N) is 5. The van der Waals surface area contributed by atoms with Crippen molar-refractivity contribution < 1.29 is 17.9 Å². The Morgan fingerprint density at radius 2 is 2.03 bits per heavy atom. The molecule has 0 spiro atoms. The van der Waals surface area contributed by atoms with Gasteiger partial charge in [-0.2, -0.15) is 13.2 Å². The second-order valence-corrected chi connectivity index (χ2v) is 7.66. The van der Waals surface area contributed by atoms with Crippen molar-refractivity contribution in [3.8, 4) is 5.69 Å². The van der Waals surface area contributed by atoms with Crippen molar-refractivity contribution in [3.05, 3.63) is 82.6 Å². The highest BCUT2D eigenvalue weighted by Crippen LogP contribution is 2.39. The number of benzene rings is 1. The molecular weight excluding hydrogens is 411 g/mol. The van der Waals surface area contributed by atoms with E-state index in [9.17, 15) is 18.0 Å². The summed E-state index contributed by atoms with van der Waals surface area (Å²) >= 11 is 0. The van der Waals surface area contributed by atoms with Gasteiger partial charge in [0, 0.05) is 26.0 Å². The van der Waals surface area contributed by atoms with E-state index in [-0.39, 0.29) is 5.52 Å². The van der Waals surface area contributed by atoms with E-state index in [1.807, 2.05) is 17.7 Å². The molecule has 0 N–H and O–H groups in total. The molecule has 1 fully saturated rings. The van der Waals surface area contributed by atoms with Crippen LogP contribution < -0.4 is 5.69 Å². The average molecular weight is 429 g/mol. The standard InChI is InChI=1S/C21H18F3N5O2/c1-27-13-25-26-18(27)20(7-9-31-12-20)14-4-2-5-15(10-14)29-11-17-16(21(22,23)24)6-3-8-28(17)19(29)30/h2-6,8,10-11,13H,7,9,12H2,1H3. The molecular formula is C21H18F3N5O2. The molecule has 1 unspecified atom stereocenters. The van der Waals surface area contributed by atoms with Gasteiger partial charge in [0.1, 0.15) is 12.2 Å². The van der Waals surface area contributed by atoms with Gasteiger partial charge in [0.15, 0.2) is 0 Å². The molecule has 0 bridgehead atoms. The van der Waals surface area contributed by atoms with Crippen molar-refractivity contribution in [2.45, 2.75) is 18.0 Å². The van der Waals surface area contributed by atoms with Crippen LogP contribution in [0.1, 0.15) is 23.4 Å². The first-order valence-electron chi connectivity index (χ1n) is 9.64. The molecule has 1 aromatic carbocycles. The van der Waals surface area contributed by atoms with Gasteiger partial charge < -0.3 is 9.30 Å². The van der Waals surface area contributed by atoms with Crippen molar-refractivity contribution in [1.82, 2.24) is 23.7 Å². The predicted octanol–water partition coefficient (Wildman–Crippen LogP) is 2.94. The van der Waals surface area contributed by atoms with Crippen LogP contribution in [0.4, 0.5) is 13.2 Å². The molecule has 0 radical (unpaired) electrons. The van der Waals surface area contributed by atoms with Gasteiger partial charge in [0.2, 0.25) is 0 Å². The molecule has 0 amide bonds. The SMILES string of the molecule is Cn1cnnc1C1(c2cccc(-n3cc4c(C(F)(F)F)cccn4c3=O)c2)CCOC1. The topological polar surface area (TPSA) is 66.3 Å². The lowest BCUT2D eigenvalue weighted by Crippen LogP contribution is -2.32. The normalized spacial score (nSPS) is 19.4. The minimum Gasteiger partial charge on any atom is -0.380 e. The monoisotopic (exact) mass is 429 g/mol. The van der Waals surface area contributed by atoms with E-state index in [1.165, 1.54) is 23.0 Å². The molecule has 0 aliphatic carbocycles. The fraction of sp³-hybridized carbons (Fsp3) is 0.286. The summed E-state index contributed by atoms with van der Waals surface area (Å²) in [6.07, 6.45) is 0.282. The Labute approximate surface area is 174 Å². The number of fused-ring (bicyclic) bond motifs is 1. The molecule has 4 aromatic rings. The van der Waals surface area contributed by atoms with Gasteiger partial charge in [-0.3, -0.25) is 8.97 Å². The minimum atomic E-state index is -4.57. The summed E-state index contributed by atoms with van der Waals surface area (Å²) in [5.41, 5.74) is -0.862. The lowest BCUT2D eigenvalue weighted by Gasteiger charge is -2.27. The first-order valence-corrected chi connectivity index (χ1v) is 9.64. The van der Waals surface area contributed by atoms with Crippen LogP contribution in [0.3, 0.4) is 0 Å². The summed E-state index contributed by atoms with van der Waals surface area (Å²) in [4.78, 5) is 12.9. The maximum Gasteiger partial charge on any atom is 0.418 e. The Balaban J connectivity index is 1.68. The fourth-order valence-electron chi connectivity index (χ4n) is 4.31. The number of imidazole rings is 1. The highest BCUT2D eigenvalue weighted by Gasteiger charge is 2.42. The first-order chi connectivity index (χ1) is 14.8. The average Bonchev–Trinajstić information content (AvgIpc) is 3.47. The molecule has 1 atom stereocenters. The quantitative estimate of drug-likeness (QED) is 0.502. The Bertz CT molecular complexity index is 1330. The summed E-state index contributed by atoms with van der Waals surface area (Å²) in [7, 11) is 1.85. The molecule has 1 aliphatic rings. The van der Waals surface area contributed by atoms with E-state index in [4.69, 9.17) is 4.74 Å². The van der Waals surface area contributed by atoms with E-state index < -0.39 is 22.8 Å². The van der Waals surface area contributed by atoms with Crippen LogP contribution in [0.25, 0.3) is 11.2 Å². The Morgan fingerprint density at radius 1 is 1.19 bits per heavy atom. The summed E-state index contributed by atoms with van der Waals surface area (Å²) in [6.45, 7) is 0.940. The number of aryl methyl sites for hydroxylation is 1. The molecule has 3 aromatic heterocycles. The van der Waals surface area contributed by atoms with Crippen LogP contribution >= 0.6 is 0 Å². The molecule has 4 heterocycles. The highest BCUT2D eigenvalue weighted by atomic mass is 19.4. The number of hydrogen-bond acceptors (Lipinski definition) is 4. The summed E-state index contributed by atoms with van der Waals surface area (Å²) < 4.78 is 50.0. The molecule has 7 nitrogen and oxygen atoms in total. The van der Waals surface area contributed by atoms with E-state index >= 15 is 0 Å². The largest absolute Gasteiger partial charge is 0.418 e. The maximum absolute atomic E-state index is 13.4. The third-order valence-corrected chi connectivity index (χ3v) is 5.84. The zero-order valence-corrected chi connectivity index (χ0v) is 16.5. The zero-order valence-electron chi connectivity index (χ0n) is 16.5. The van der Waals surface area contributed by atoms with E-state index in [0.717, 1.165) is 21.9 Å². The number of pyridine rings is 1. The van der Waals surface area contributed by atoms with Crippen molar-refractivity contribution in [1.29, 1.82) is 0 Å². The smallest absolute Gasteiger partial charge is 0.380 e. The summed E-state index contributed by atoms with van der Waals surface area (Å²) in [5, 5.41) is 8.26. The lowest BCUT2D eigenvalue weighted by atomic mass is 9.78. The molecule has 5 rings (SSSR count). The zero-order chi connectivity index (χ0) is 21.8. The second-order valence-electron chi connectivity index (χ2n) is 7.66. The van der Waals surface area contributed by atoms with E-state index in [1.54, 1.807) is 24.5 Å². The van der Waals surface area contributed by atoms with Crippen LogP contribution in [-0.2, 0) is 23.4 Å². The maximum atomic E-state index is 13.4. The Kier molecular flexibility index (Phi) is 4.30. The van der Waals surface area contributed by atoms with E-state index in [2.05, 4.69) is 10.2 Å². The molecule has 1 aliphatic heterocycles. The molecule has 0 saturated carbocycles. The van der Waals surface area contributed by atoms with Crippen LogP contribution in [0.15, 0.2) is 59.9 Å². The number of aromatic nitrogens is 5. The Hall–Kier alpha value is -3.40. The predicted molar refractivity (Wildman–Crippen MR) is 105 cm³/mol. The molecule has 10 heteroatoms. The number of alkyl halides is 3. The fourth-order valence-corrected chi connectivity index (χ4v) is 4.31.